The van der Waals surface area contributed by atoms with Gasteiger partial charge < -0.3 is 10.6 Å². The third-order valence-corrected chi connectivity index (χ3v) is 5.56. The summed E-state index contributed by atoms with van der Waals surface area (Å²) in [5, 5.41) is 7.48. The fraction of sp³-hybridized carbons (Fsp3) is 0.688. The third kappa shape index (κ3) is 4.70. The molecule has 0 saturated heterocycles. The second kappa shape index (κ2) is 7.41. The number of hydrogen-bond donors (Lipinski definition) is 2. The summed E-state index contributed by atoms with van der Waals surface area (Å²) in [7, 11) is 1.98. The SMILES string of the molecule is CNC[C@H]1CC[C@H](Nc2nc3c(s2)CC(OC(F)(F)F)C=C3)CC1. The predicted octanol–water partition coefficient (Wildman–Crippen LogP) is 3.81. The zero-order valence-electron chi connectivity index (χ0n) is 13.5. The first-order valence-electron chi connectivity index (χ1n) is 8.26. The molecule has 0 aliphatic heterocycles. The van der Waals surface area contributed by atoms with E-state index >= 15 is 0 Å². The van der Waals surface area contributed by atoms with Gasteiger partial charge in [-0.05, 0) is 51.3 Å². The molecule has 1 fully saturated rings. The molecule has 1 unspecified atom stereocenters. The number of nitrogens with zero attached hydrogens (tertiary/aromatic N) is 1. The van der Waals surface area contributed by atoms with E-state index in [1.807, 2.05) is 7.05 Å². The Hall–Kier alpha value is -1.12. The minimum absolute atomic E-state index is 0.222. The minimum atomic E-state index is -4.61. The lowest BCUT2D eigenvalue weighted by Crippen LogP contribution is -2.30. The number of ether oxygens (including phenoxy) is 1. The average Bonchev–Trinajstić information content (AvgIpc) is 2.89. The molecular weight excluding hydrogens is 339 g/mol. The Morgan fingerprint density at radius 3 is 2.71 bits per heavy atom. The lowest BCUT2D eigenvalue weighted by atomic mass is 9.86. The molecule has 1 aromatic rings. The summed E-state index contributed by atoms with van der Waals surface area (Å²) in [6.45, 7) is 1.06. The Morgan fingerprint density at radius 1 is 1.29 bits per heavy atom. The first kappa shape index (κ1) is 17.7. The van der Waals surface area contributed by atoms with Crippen LogP contribution in [0.15, 0.2) is 6.08 Å². The van der Waals surface area contributed by atoms with Gasteiger partial charge in [-0.1, -0.05) is 6.08 Å². The maximum Gasteiger partial charge on any atom is 0.523 e. The van der Waals surface area contributed by atoms with Crippen molar-refractivity contribution in [3.05, 3.63) is 16.6 Å². The molecule has 4 nitrogen and oxygen atoms in total. The fourth-order valence-corrected chi connectivity index (χ4v) is 4.45. The number of hydrogen-bond acceptors (Lipinski definition) is 5. The number of anilines is 1. The number of thiazole rings is 1. The molecule has 0 bridgehead atoms. The van der Waals surface area contributed by atoms with E-state index in [4.69, 9.17) is 0 Å². The summed E-state index contributed by atoms with van der Waals surface area (Å²) in [6, 6.07) is 0.400. The second-order valence-corrected chi connectivity index (χ2v) is 7.50. The number of rotatable bonds is 5. The lowest BCUT2D eigenvalue weighted by Gasteiger charge is -2.28. The number of aromatic nitrogens is 1. The van der Waals surface area contributed by atoms with Gasteiger partial charge in [0.15, 0.2) is 5.13 Å². The highest BCUT2D eigenvalue weighted by molar-refractivity contribution is 7.15. The molecule has 1 saturated carbocycles. The summed E-state index contributed by atoms with van der Waals surface area (Å²) in [6.07, 6.45) is 2.30. The largest absolute Gasteiger partial charge is 0.523 e. The van der Waals surface area contributed by atoms with Crippen LogP contribution in [-0.4, -0.2) is 37.1 Å². The van der Waals surface area contributed by atoms with Crippen LogP contribution in [0.25, 0.3) is 6.08 Å². The zero-order valence-corrected chi connectivity index (χ0v) is 14.3. The Balaban J connectivity index is 1.54. The molecule has 1 heterocycles. The highest BCUT2D eigenvalue weighted by Gasteiger charge is 2.34. The summed E-state index contributed by atoms with van der Waals surface area (Å²) in [5.74, 6) is 0.737. The van der Waals surface area contributed by atoms with Crippen molar-refractivity contribution >= 4 is 22.5 Å². The number of alkyl halides is 3. The summed E-state index contributed by atoms with van der Waals surface area (Å²) in [4.78, 5) is 5.35. The van der Waals surface area contributed by atoms with Crippen molar-refractivity contribution < 1.29 is 17.9 Å². The van der Waals surface area contributed by atoms with Crippen LogP contribution in [0.2, 0.25) is 0 Å². The van der Waals surface area contributed by atoms with Crippen LogP contribution in [0.1, 0.15) is 36.3 Å². The van der Waals surface area contributed by atoms with Gasteiger partial charge in [0, 0.05) is 17.3 Å². The predicted molar refractivity (Wildman–Crippen MR) is 89.1 cm³/mol. The van der Waals surface area contributed by atoms with E-state index in [2.05, 4.69) is 20.4 Å². The van der Waals surface area contributed by atoms with Crippen molar-refractivity contribution in [1.82, 2.24) is 10.3 Å². The van der Waals surface area contributed by atoms with Crippen LogP contribution < -0.4 is 10.6 Å². The third-order valence-electron chi connectivity index (χ3n) is 4.54. The van der Waals surface area contributed by atoms with Gasteiger partial charge in [0.2, 0.25) is 0 Å². The van der Waals surface area contributed by atoms with Crippen LogP contribution in [0.4, 0.5) is 18.3 Å². The first-order chi connectivity index (χ1) is 11.4. The van der Waals surface area contributed by atoms with Gasteiger partial charge in [-0.25, -0.2) is 4.98 Å². The molecule has 0 amide bonds. The van der Waals surface area contributed by atoms with Gasteiger partial charge in [-0.2, -0.15) is 0 Å². The van der Waals surface area contributed by atoms with Crippen LogP contribution in [0, 0.1) is 5.92 Å². The molecule has 2 aliphatic carbocycles. The molecule has 3 rings (SSSR count). The van der Waals surface area contributed by atoms with Crippen LogP contribution >= 0.6 is 11.3 Å². The highest BCUT2D eigenvalue weighted by Crippen LogP contribution is 2.33. The average molecular weight is 361 g/mol. The Morgan fingerprint density at radius 2 is 2.04 bits per heavy atom. The van der Waals surface area contributed by atoms with Crippen molar-refractivity contribution in [3.63, 3.8) is 0 Å². The first-order valence-corrected chi connectivity index (χ1v) is 9.08. The summed E-state index contributed by atoms with van der Waals surface area (Å²) in [5.41, 5.74) is 0.758. The van der Waals surface area contributed by atoms with E-state index in [-0.39, 0.29) is 6.42 Å². The molecule has 2 aliphatic rings. The lowest BCUT2D eigenvalue weighted by molar-refractivity contribution is -0.336. The molecule has 8 heteroatoms. The Bertz CT molecular complexity index is 580. The van der Waals surface area contributed by atoms with Gasteiger partial charge in [0.05, 0.1) is 11.8 Å². The van der Waals surface area contributed by atoms with E-state index in [1.54, 1.807) is 6.08 Å². The van der Waals surface area contributed by atoms with Crippen LogP contribution in [-0.2, 0) is 11.2 Å². The molecule has 0 radical (unpaired) electrons. The van der Waals surface area contributed by atoms with Crippen LogP contribution in [0.5, 0.6) is 0 Å². The number of halogens is 3. The summed E-state index contributed by atoms with van der Waals surface area (Å²) < 4.78 is 41.1. The molecule has 1 aromatic heterocycles. The highest BCUT2D eigenvalue weighted by atomic mass is 32.1. The molecular formula is C16H22F3N3OS. The van der Waals surface area contributed by atoms with Crippen molar-refractivity contribution in [1.29, 1.82) is 0 Å². The van der Waals surface area contributed by atoms with Crippen molar-refractivity contribution in [2.24, 2.45) is 5.92 Å². The topological polar surface area (TPSA) is 46.2 Å². The smallest absolute Gasteiger partial charge is 0.359 e. The monoisotopic (exact) mass is 361 g/mol. The van der Waals surface area contributed by atoms with E-state index in [0.29, 0.717) is 6.04 Å². The zero-order chi connectivity index (χ0) is 17.2. The molecule has 2 N–H and O–H groups in total. The van der Waals surface area contributed by atoms with Gasteiger partial charge in [-0.15, -0.1) is 24.5 Å². The standard InChI is InChI=1S/C16H22F3N3OS/c1-20-9-10-2-4-11(5-3-10)21-15-22-13-7-6-12(8-14(13)24-15)23-16(17,18)19/h6-7,10-12,20H,2-5,8-9H2,1H3,(H,21,22)/t10-,11-,12?. The molecule has 0 aromatic carbocycles. The summed E-state index contributed by atoms with van der Waals surface area (Å²) >= 11 is 1.44. The van der Waals surface area contributed by atoms with Crippen molar-refractivity contribution in [3.8, 4) is 0 Å². The quantitative estimate of drug-likeness (QED) is 0.837. The van der Waals surface area contributed by atoms with E-state index in [1.165, 1.54) is 30.3 Å². The Labute approximate surface area is 143 Å². The number of fused-ring (bicyclic) bond motifs is 1. The fourth-order valence-electron chi connectivity index (χ4n) is 3.38. The van der Waals surface area contributed by atoms with Gasteiger partial charge >= 0.3 is 6.36 Å². The number of nitrogens with one attached hydrogen (secondary N) is 2. The molecule has 134 valence electrons. The molecule has 24 heavy (non-hydrogen) atoms. The second-order valence-electron chi connectivity index (χ2n) is 6.41. The van der Waals surface area contributed by atoms with Crippen molar-refractivity contribution in [2.75, 3.05) is 18.9 Å². The van der Waals surface area contributed by atoms with Crippen molar-refractivity contribution in [2.45, 2.75) is 50.6 Å². The minimum Gasteiger partial charge on any atom is -0.359 e. The van der Waals surface area contributed by atoms with E-state index < -0.39 is 12.5 Å². The normalized spacial score (nSPS) is 27.1. The molecule has 0 spiro atoms. The van der Waals surface area contributed by atoms with Crippen LogP contribution in [0.3, 0.4) is 0 Å². The van der Waals surface area contributed by atoms with Gasteiger partial charge in [0.25, 0.3) is 0 Å². The van der Waals surface area contributed by atoms with Gasteiger partial charge in [0.1, 0.15) is 0 Å². The maximum absolute atomic E-state index is 12.3. The Kier molecular flexibility index (Phi) is 5.46. The van der Waals surface area contributed by atoms with E-state index in [0.717, 1.165) is 41.0 Å². The maximum atomic E-state index is 12.3. The van der Waals surface area contributed by atoms with Gasteiger partial charge in [-0.3, -0.25) is 4.74 Å². The molecule has 1 atom stereocenters. The van der Waals surface area contributed by atoms with E-state index in [9.17, 15) is 13.2 Å².